The fourth-order valence-electron chi connectivity index (χ4n) is 2.76. The fraction of sp³-hybridized carbons (Fsp3) is 0.143. The van der Waals surface area contributed by atoms with Crippen molar-refractivity contribution in [1.29, 1.82) is 0 Å². The van der Waals surface area contributed by atoms with E-state index in [2.05, 4.69) is 4.29 Å². The molecule has 0 spiro atoms. The number of rotatable bonds is 5. The predicted octanol–water partition coefficient (Wildman–Crippen LogP) is 2.05. The summed E-state index contributed by atoms with van der Waals surface area (Å²) in [6, 6.07) is 21.8. The molecular formula is C21H19ClO4. The Balaban J connectivity index is 2.04. The molecule has 0 radical (unpaired) electrons. The maximum Gasteiger partial charge on any atom is 0.229 e. The van der Waals surface area contributed by atoms with Crippen LogP contribution >= 0.6 is 0 Å². The second-order valence-corrected chi connectivity index (χ2v) is 7.21. The number of halogens is 1. The van der Waals surface area contributed by atoms with Crippen LogP contribution in [0.15, 0.2) is 66.7 Å². The van der Waals surface area contributed by atoms with E-state index in [4.69, 9.17) is 0 Å². The maximum atomic E-state index is 10.8. The van der Waals surface area contributed by atoms with Crippen LogP contribution in [-0.2, 0) is 10.9 Å². The molecule has 3 aromatic rings. The second kappa shape index (κ2) is 7.58. The van der Waals surface area contributed by atoms with Gasteiger partial charge in [0.15, 0.2) is 0 Å². The standard InChI is InChI=1S/C21H19ClO4/c1-15-3-7-17(8-4-15)19-11-12-20(14-26-22(23,24)25)21(13-19)18-9-5-16(2)6-10-18/h3-13H,14H2,1-2H3. The van der Waals surface area contributed by atoms with Gasteiger partial charge in [0.05, 0.1) is 14.5 Å². The summed E-state index contributed by atoms with van der Waals surface area (Å²) in [4.78, 5) is 0. The molecule has 3 rings (SSSR count). The molecule has 0 aliphatic heterocycles. The molecule has 4 nitrogen and oxygen atoms in total. The molecule has 0 atom stereocenters. The molecule has 0 aliphatic carbocycles. The van der Waals surface area contributed by atoms with Crippen molar-refractivity contribution in [2.45, 2.75) is 20.5 Å². The van der Waals surface area contributed by atoms with Gasteiger partial charge in [-0.3, -0.25) is 0 Å². The summed E-state index contributed by atoms with van der Waals surface area (Å²) in [6.45, 7) is 3.73. The van der Waals surface area contributed by atoms with E-state index in [1.807, 2.05) is 74.5 Å². The molecule has 26 heavy (non-hydrogen) atoms. The molecule has 134 valence electrons. The summed E-state index contributed by atoms with van der Waals surface area (Å²) in [6.07, 6.45) is 0. The first-order valence-electron chi connectivity index (χ1n) is 8.14. The highest BCUT2D eigenvalue weighted by atomic mass is 35.7. The molecule has 0 aromatic heterocycles. The van der Waals surface area contributed by atoms with Gasteiger partial charge in [-0.25, -0.2) is 0 Å². The summed E-state index contributed by atoms with van der Waals surface area (Å²) >= 11 is 0. The lowest BCUT2D eigenvalue weighted by Crippen LogP contribution is -2.60. The Hall–Kier alpha value is -2.21. The molecule has 3 aromatic carbocycles. The van der Waals surface area contributed by atoms with Crippen LogP contribution in [0.5, 0.6) is 0 Å². The first-order chi connectivity index (χ1) is 12.3. The predicted molar refractivity (Wildman–Crippen MR) is 91.6 cm³/mol. The number of benzene rings is 3. The summed E-state index contributed by atoms with van der Waals surface area (Å²) < 4.78 is 36.9. The van der Waals surface area contributed by atoms with E-state index in [-0.39, 0.29) is 6.61 Å². The monoisotopic (exact) mass is 370 g/mol. The van der Waals surface area contributed by atoms with Crippen molar-refractivity contribution < 1.29 is 28.5 Å². The Morgan fingerprint density at radius 3 is 1.73 bits per heavy atom. The zero-order valence-electron chi connectivity index (χ0n) is 14.6. The third kappa shape index (κ3) is 4.69. The van der Waals surface area contributed by atoms with Gasteiger partial charge in [-0.05, 0) is 42.2 Å². The lowest BCUT2D eigenvalue weighted by atomic mass is 9.94. The van der Waals surface area contributed by atoms with Gasteiger partial charge in [0.1, 0.15) is 0 Å². The molecule has 0 saturated carbocycles. The maximum absolute atomic E-state index is 10.8. The van der Waals surface area contributed by atoms with Gasteiger partial charge in [0.25, 0.3) is 0 Å². The average molecular weight is 371 g/mol. The summed E-state index contributed by atoms with van der Waals surface area (Å²) in [5, 5.41) is 0. The molecule has 0 aliphatic rings. The van der Waals surface area contributed by atoms with Gasteiger partial charge < -0.3 is 0 Å². The van der Waals surface area contributed by atoms with Crippen LogP contribution < -0.4 is 14.0 Å². The van der Waals surface area contributed by atoms with Gasteiger partial charge in [-0.1, -0.05) is 71.8 Å². The Morgan fingerprint density at radius 2 is 1.19 bits per heavy atom. The third-order valence-corrected chi connectivity index (χ3v) is 4.58. The topological polar surface area (TPSA) is 78.4 Å². The van der Waals surface area contributed by atoms with Gasteiger partial charge >= 0.3 is 0 Å². The molecule has 0 bridgehead atoms. The van der Waals surface area contributed by atoms with Crippen molar-refractivity contribution in [2.24, 2.45) is 0 Å². The van der Waals surface area contributed by atoms with Crippen LogP contribution in [0.2, 0.25) is 0 Å². The van der Waals surface area contributed by atoms with Crippen LogP contribution in [0.1, 0.15) is 16.7 Å². The molecule has 5 heteroatoms. The Kier molecular flexibility index (Phi) is 5.41. The fourth-order valence-corrected chi connectivity index (χ4v) is 3.01. The van der Waals surface area contributed by atoms with Crippen LogP contribution in [0.3, 0.4) is 0 Å². The van der Waals surface area contributed by atoms with Crippen molar-refractivity contribution in [3.05, 3.63) is 83.4 Å². The van der Waals surface area contributed by atoms with Crippen molar-refractivity contribution >= 4 is 0 Å². The molecule has 0 unspecified atom stereocenters. The summed E-state index contributed by atoms with van der Waals surface area (Å²) in [5.41, 5.74) is 6.78. The van der Waals surface area contributed by atoms with E-state index in [0.29, 0.717) is 5.56 Å². The highest BCUT2D eigenvalue weighted by Crippen LogP contribution is 2.31. The van der Waals surface area contributed by atoms with Crippen LogP contribution in [0.4, 0.5) is 0 Å². The molecule has 0 fully saturated rings. The van der Waals surface area contributed by atoms with Crippen molar-refractivity contribution in [2.75, 3.05) is 0 Å². The van der Waals surface area contributed by atoms with E-state index in [9.17, 15) is 14.0 Å². The highest BCUT2D eigenvalue weighted by molar-refractivity contribution is 5.75. The largest absolute Gasteiger partial charge is 0.229 e. The molecule has 0 N–H and O–H groups in total. The second-order valence-electron chi connectivity index (χ2n) is 6.24. The summed E-state index contributed by atoms with van der Waals surface area (Å²) in [5.74, 6) is 0. The lowest BCUT2D eigenvalue weighted by Gasteiger charge is -2.15. The Bertz CT molecular complexity index is 881. The lowest BCUT2D eigenvalue weighted by molar-refractivity contribution is -1.92. The van der Waals surface area contributed by atoms with E-state index in [1.54, 1.807) is 6.07 Å². The quantitative estimate of drug-likeness (QED) is 0.688. The molecule has 0 heterocycles. The Morgan fingerprint density at radius 1 is 0.692 bits per heavy atom. The number of hydrogen-bond acceptors (Lipinski definition) is 4. The number of hydrogen-bond donors (Lipinski definition) is 0. The van der Waals surface area contributed by atoms with E-state index >= 15 is 0 Å². The minimum atomic E-state index is -4.46. The molecular weight excluding hydrogens is 352 g/mol. The molecule has 0 saturated heterocycles. The van der Waals surface area contributed by atoms with Crippen molar-refractivity contribution in [1.82, 2.24) is 0 Å². The average Bonchev–Trinajstić information content (AvgIpc) is 2.61. The first-order valence-corrected chi connectivity index (χ1v) is 9.37. The zero-order valence-corrected chi connectivity index (χ0v) is 15.3. The van der Waals surface area contributed by atoms with Crippen molar-refractivity contribution in [3.8, 4) is 22.3 Å². The number of aryl methyl sites for hydroxylation is 2. The van der Waals surface area contributed by atoms with Crippen molar-refractivity contribution in [3.63, 3.8) is 0 Å². The zero-order chi connectivity index (χ0) is 18.7. The highest BCUT2D eigenvalue weighted by Gasteiger charge is 2.20. The van der Waals surface area contributed by atoms with Gasteiger partial charge in [0.2, 0.25) is 6.61 Å². The van der Waals surface area contributed by atoms with Crippen LogP contribution in [-0.4, -0.2) is 0 Å². The minimum Gasteiger partial charge on any atom is -0.183 e. The first kappa shape index (κ1) is 18.6. The normalized spacial score (nSPS) is 11.6. The third-order valence-electron chi connectivity index (χ3n) is 4.20. The van der Waals surface area contributed by atoms with E-state index in [0.717, 1.165) is 27.8 Å². The minimum absolute atomic E-state index is 0.301. The smallest absolute Gasteiger partial charge is 0.183 e. The van der Waals surface area contributed by atoms with Gasteiger partial charge in [0, 0.05) is 5.56 Å². The van der Waals surface area contributed by atoms with Gasteiger partial charge in [-0.15, -0.1) is 0 Å². The molecule has 0 amide bonds. The summed E-state index contributed by atoms with van der Waals surface area (Å²) in [7, 11) is -4.46. The van der Waals surface area contributed by atoms with E-state index in [1.165, 1.54) is 5.56 Å². The SMILES string of the molecule is Cc1ccc(-c2ccc(CO[Cl+3]([O-])([O-])[O-])c(-c3ccc(C)cc3)c2)cc1. The van der Waals surface area contributed by atoms with Crippen LogP contribution in [0, 0.1) is 24.1 Å². The Labute approximate surface area is 155 Å². The van der Waals surface area contributed by atoms with Gasteiger partial charge in [-0.2, -0.15) is 14.0 Å². The van der Waals surface area contributed by atoms with Crippen LogP contribution in [0.25, 0.3) is 22.3 Å². The van der Waals surface area contributed by atoms with E-state index < -0.39 is 10.2 Å².